The highest BCUT2D eigenvalue weighted by Crippen LogP contribution is 2.21. The molecular formula is C14H20N4O3. The summed E-state index contributed by atoms with van der Waals surface area (Å²) in [4.78, 5) is 16.1. The van der Waals surface area contributed by atoms with Crippen LogP contribution < -0.4 is 10.6 Å². The first-order chi connectivity index (χ1) is 9.89. The number of amides is 1. The van der Waals surface area contributed by atoms with Crippen LogP contribution in [0, 0.1) is 0 Å². The number of hydrogen-bond acceptors (Lipinski definition) is 5. The number of anilines is 2. The Bertz CT molecular complexity index is 631. The second-order valence-electron chi connectivity index (χ2n) is 5.58. The van der Waals surface area contributed by atoms with Crippen molar-refractivity contribution in [1.29, 1.82) is 0 Å². The molecule has 0 fully saturated rings. The molecule has 2 aromatic rings. The van der Waals surface area contributed by atoms with Crippen molar-refractivity contribution in [2.24, 2.45) is 0 Å². The van der Waals surface area contributed by atoms with E-state index in [-0.39, 0.29) is 6.61 Å². The van der Waals surface area contributed by atoms with Crippen molar-refractivity contribution in [2.75, 3.05) is 23.8 Å². The number of imidazole rings is 1. The van der Waals surface area contributed by atoms with Crippen LogP contribution in [0.1, 0.15) is 20.8 Å². The molecule has 0 unspecified atom stereocenters. The average Bonchev–Trinajstić information content (AvgIpc) is 2.82. The van der Waals surface area contributed by atoms with Crippen molar-refractivity contribution < 1.29 is 14.6 Å². The molecule has 7 nitrogen and oxygen atoms in total. The van der Waals surface area contributed by atoms with Crippen LogP contribution in [-0.2, 0) is 4.74 Å². The molecule has 0 aromatic carbocycles. The van der Waals surface area contributed by atoms with Gasteiger partial charge in [-0.1, -0.05) is 0 Å². The Labute approximate surface area is 122 Å². The van der Waals surface area contributed by atoms with Gasteiger partial charge in [-0.2, -0.15) is 0 Å². The highest BCUT2D eigenvalue weighted by molar-refractivity contribution is 5.90. The maximum atomic E-state index is 11.9. The summed E-state index contributed by atoms with van der Waals surface area (Å²) >= 11 is 0. The second-order valence-corrected chi connectivity index (χ2v) is 5.58. The minimum absolute atomic E-state index is 0.0246. The number of hydrogen-bond donors (Lipinski definition) is 3. The third kappa shape index (κ3) is 4.09. The average molecular weight is 292 g/mol. The van der Waals surface area contributed by atoms with Crippen molar-refractivity contribution in [3.8, 4) is 0 Å². The van der Waals surface area contributed by atoms with E-state index in [1.807, 2.05) is 6.20 Å². The van der Waals surface area contributed by atoms with Crippen LogP contribution in [0.5, 0.6) is 0 Å². The first-order valence-electron chi connectivity index (χ1n) is 6.70. The Hall–Kier alpha value is -2.28. The normalized spacial score (nSPS) is 11.4. The largest absolute Gasteiger partial charge is 0.444 e. The minimum Gasteiger partial charge on any atom is -0.444 e. The quantitative estimate of drug-likeness (QED) is 0.803. The number of nitrogens with one attached hydrogen (secondary N) is 2. The second kappa shape index (κ2) is 6.01. The van der Waals surface area contributed by atoms with Gasteiger partial charge in [-0.3, -0.25) is 5.32 Å². The molecule has 2 heterocycles. The molecule has 0 aliphatic carbocycles. The van der Waals surface area contributed by atoms with Gasteiger partial charge in [0.25, 0.3) is 0 Å². The molecule has 2 rings (SSSR count). The van der Waals surface area contributed by atoms with Crippen LogP contribution in [-0.4, -0.2) is 39.3 Å². The van der Waals surface area contributed by atoms with Crippen molar-refractivity contribution in [1.82, 2.24) is 9.38 Å². The van der Waals surface area contributed by atoms with E-state index in [9.17, 15) is 4.79 Å². The van der Waals surface area contributed by atoms with Gasteiger partial charge in [-0.25, -0.2) is 9.78 Å². The first-order valence-corrected chi connectivity index (χ1v) is 6.70. The molecule has 1 amide bonds. The molecule has 0 bridgehead atoms. The number of carbonyl (C=O) groups excluding carboxylic acids is 1. The van der Waals surface area contributed by atoms with Crippen LogP contribution in [0.3, 0.4) is 0 Å². The topological polar surface area (TPSA) is 87.9 Å². The summed E-state index contributed by atoms with van der Waals surface area (Å²) in [7, 11) is 0. The van der Waals surface area contributed by atoms with Crippen molar-refractivity contribution in [3.63, 3.8) is 0 Å². The number of fused-ring (bicyclic) bond motifs is 1. The number of aliphatic hydroxyl groups excluding tert-OH is 1. The number of pyridine rings is 1. The molecule has 2 aromatic heterocycles. The van der Waals surface area contributed by atoms with Crippen LogP contribution in [0.15, 0.2) is 24.7 Å². The number of rotatable bonds is 4. The SMILES string of the molecule is CC(C)(C)OC(=O)Nc1cc(NCCO)cn2ccnc12. The molecule has 0 spiro atoms. The van der Waals surface area contributed by atoms with E-state index in [2.05, 4.69) is 15.6 Å². The van der Waals surface area contributed by atoms with Crippen LogP contribution in [0.4, 0.5) is 16.2 Å². The number of ether oxygens (including phenoxy) is 1. The third-order valence-corrected chi connectivity index (χ3v) is 2.56. The monoisotopic (exact) mass is 292 g/mol. The van der Waals surface area contributed by atoms with Crippen LogP contribution in [0.25, 0.3) is 5.65 Å². The molecule has 0 aliphatic heterocycles. The summed E-state index contributed by atoms with van der Waals surface area (Å²) in [6, 6.07) is 1.75. The fourth-order valence-electron chi connectivity index (χ4n) is 1.84. The molecule has 21 heavy (non-hydrogen) atoms. The molecule has 0 saturated heterocycles. The van der Waals surface area contributed by atoms with E-state index < -0.39 is 11.7 Å². The third-order valence-electron chi connectivity index (χ3n) is 2.56. The molecule has 0 aliphatic rings. The zero-order valence-electron chi connectivity index (χ0n) is 12.4. The lowest BCUT2D eigenvalue weighted by Crippen LogP contribution is -2.27. The van der Waals surface area contributed by atoms with Gasteiger partial charge >= 0.3 is 6.09 Å². The molecule has 3 N–H and O–H groups in total. The fourth-order valence-corrected chi connectivity index (χ4v) is 1.84. The number of aliphatic hydroxyl groups is 1. The summed E-state index contributed by atoms with van der Waals surface area (Å²) in [6.07, 6.45) is 4.72. The number of carbonyl (C=O) groups is 1. The zero-order chi connectivity index (χ0) is 15.5. The highest BCUT2D eigenvalue weighted by atomic mass is 16.6. The minimum atomic E-state index is -0.567. The Balaban J connectivity index is 2.24. The summed E-state index contributed by atoms with van der Waals surface area (Å²) in [5, 5.41) is 14.6. The van der Waals surface area contributed by atoms with Gasteiger partial charge < -0.3 is 19.6 Å². The van der Waals surface area contributed by atoms with Crippen LogP contribution >= 0.6 is 0 Å². The van der Waals surface area contributed by atoms with Crippen molar-refractivity contribution in [3.05, 3.63) is 24.7 Å². The Kier molecular flexibility index (Phi) is 4.32. The van der Waals surface area contributed by atoms with E-state index in [1.54, 1.807) is 43.6 Å². The van der Waals surface area contributed by atoms with E-state index in [1.165, 1.54) is 0 Å². The summed E-state index contributed by atoms with van der Waals surface area (Å²) in [5.74, 6) is 0. The van der Waals surface area contributed by atoms with Crippen molar-refractivity contribution >= 4 is 23.1 Å². The lowest BCUT2D eigenvalue weighted by atomic mass is 10.2. The van der Waals surface area contributed by atoms with Gasteiger partial charge in [-0.15, -0.1) is 0 Å². The van der Waals surface area contributed by atoms with Gasteiger partial charge in [-0.05, 0) is 26.8 Å². The maximum absolute atomic E-state index is 11.9. The van der Waals surface area contributed by atoms with Gasteiger partial charge in [0.2, 0.25) is 0 Å². The van der Waals surface area contributed by atoms with Crippen LogP contribution in [0.2, 0.25) is 0 Å². The molecular weight excluding hydrogens is 272 g/mol. The van der Waals surface area contributed by atoms with Crippen molar-refractivity contribution in [2.45, 2.75) is 26.4 Å². The first kappa shape index (κ1) is 15.1. The zero-order valence-corrected chi connectivity index (χ0v) is 12.4. The molecule has 0 saturated carbocycles. The number of aromatic nitrogens is 2. The van der Waals surface area contributed by atoms with E-state index >= 15 is 0 Å². The van der Waals surface area contributed by atoms with E-state index in [0.717, 1.165) is 5.69 Å². The standard InChI is InChI=1S/C14H20N4O3/c1-14(2,3)21-13(20)17-11-8-10(15-5-7-19)9-18-6-4-16-12(11)18/h4,6,8-9,15,19H,5,7H2,1-3H3,(H,17,20). The van der Waals surface area contributed by atoms with Gasteiger partial charge in [0.15, 0.2) is 5.65 Å². The molecule has 7 heteroatoms. The van der Waals surface area contributed by atoms with Gasteiger partial charge in [0.05, 0.1) is 18.0 Å². The lowest BCUT2D eigenvalue weighted by Gasteiger charge is -2.20. The van der Waals surface area contributed by atoms with E-state index in [0.29, 0.717) is 17.9 Å². The fraction of sp³-hybridized carbons (Fsp3) is 0.429. The lowest BCUT2D eigenvalue weighted by molar-refractivity contribution is 0.0636. The Morgan fingerprint density at radius 3 is 2.90 bits per heavy atom. The smallest absolute Gasteiger partial charge is 0.412 e. The molecule has 0 atom stereocenters. The molecule has 114 valence electrons. The predicted molar refractivity (Wildman–Crippen MR) is 80.6 cm³/mol. The summed E-state index contributed by atoms with van der Waals surface area (Å²) in [5.41, 5.74) is 1.36. The van der Waals surface area contributed by atoms with E-state index in [4.69, 9.17) is 9.84 Å². The Morgan fingerprint density at radius 1 is 1.48 bits per heavy atom. The van der Waals surface area contributed by atoms with Gasteiger partial charge in [0, 0.05) is 25.1 Å². The summed E-state index contributed by atoms with van der Waals surface area (Å²) < 4.78 is 7.02. The van der Waals surface area contributed by atoms with Gasteiger partial charge in [0.1, 0.15) is 5.60 Å². The predicted octanol–water partition coefficient (Wildman–Crippen LogP) is 2.09. The number of nitrogens with zero attached hydrogens (tertiary/aromatic N) is 2. The summed E-state index contributed by atoms with van der Waals surface area (Å²) in [6.45, 7) is 5.85. The maximum Gasteiger partial charge on any atom is 0.412 e. The highest BCUT2D eigenvalue weighted by Gasteiger charge is 2.17. The molecule has 0 radical (unpaired) electrons. The Morgan fingerprint density at radius 2 is 2.24 bits per heavy atom.